The molecule has 0 aromatic carbocycles. The van der Waals surface area contributed by atoms with Crippen LogP contribution in [-0.4, -0.2) is 22.3 Å². The molecule has 74 valence electrons. The van der Waals surface area contributed by atoms with Crippen molar-refractivity contribution < 1.29 is 4.79 Å². The Hall–Kier alpha value is -0.900. The van der Waals surface area contributed by atoms with E-state index in [1.165, 1.54) is 0 Å². The molecule has 14 heavy (non-hydrogen) atoms. The SMILES string of the molecule is O=C1CCCN1Cc1cccc(Br)n1. The van der Waals surface area contributed by atoms with Gasteiger partial charge >= 0.3 is 0 Å². The van der Waals surface area contributed by atoms with Gasteiger partial charge in [0.1, 0.15) is 4.60 Å². The standard InChI is InChI=1S/C10H11BrN2O/c11-9-4-1-3-8(12-9)7-13-6-2-5-10(13)14/h1,3-4H,2,5-7H2. The van der Waals surface area contributed by atoms with Gasteiger partial charge in [-0.1, -0.05) is 6.07 Å². The molecule has 0 N–H and O–H groups in total. The van der Waals surface area contributed by atoms with Crippen molar-refractivity contribution in [3.05, 3.63) is 28.5 Å². The number of pyridine rings is 1. The maximum absolute atomic E-state index is 11.3. The second-order valence-corrected chi connectivity index (χ2v) is 4.18. The summed E-state index contributed by atoms with van der Waals surface area (Å²) in [6, 6.07) is 5.76. The summed E-state index contributed by atoms with van der Waals surface area (Å²) in [5, 5.41) is 0. The van der Waals surface area contributed by atoms with Gasteiger partial charge in [0.05, 0.1) is 12.2 Å². The minimum absolute atomic E-state index is 0.242. The van der Waals surface area contributed by atoms with Crippen molar-refractivity contribution in [2.24, 2.45) is 0 Å². The molecule has 1 aliphatic heterocycles. The summed E-state index contributed by atoms with van der Waals surface area (Å²) >= 11 is 3.31. The van der Waals surface area contributed by atoms with E-state index >= 15 is 0 Å². The van der Waals surface area contributed by atoms with Crippen LogP contribution in [0.1, 0.15) is 18.5 Å². The summed E-state index contributed by atoms with van der Waals surface area (Å²) in [5.74, 6) is 0.242. The number of hydrogen-bond donors (Lipinski definition) is 0. The molecule has 1 saturated heterocycles. The molecule has 0 unspecified atom stereocenters. The van der Waals surface area contributed by atoms with E-state index in [0.29, 0.717) is 13.0 Å². The van der Waals surface area contributed by atoms with Gasteiger partial charge in [-0.2, -0.15) is 0 Å². The monoisotopic (exact) mass is 254 g/mol. The van der Waals surface area contributed by atoms with Gasteiger partial charge in [0.2, 0.25) is 5.91 Å². The molecule has 0 spiro atoms. The van der Waals surface area contributed by atoms with Crippen molar-refractivity contribution in [2.45, 2.75) is 19.4 Å². The predicted molar refractivity (Wildman–Crippen MR) is 56.6 cm³/mol. The predicted octanol–water partition coefficient (Wildman–Crippen LogP) is 1.97. The van der Waals surface area contributed by atoms with Crippen molar-refractivity contribution in [2.75, 3.05) is 6.54 Å². The molecule has 0 saturated carbocycles. The molecule has 0 radical (unpaired) electrons. The molecule has 3 nitrogen and oxygen atoms in total. The van der Waals surface area contributed by atoms with Gasteiger partial charge in [-0.15, -0.1) is 0 Å². The van der Waals surface area contributed by atoms with Crippen LogP contribution in [0.15, 0.2) is 22.8 Å². The second kappa shape index (κ2) is 4.09. The van der Waals surface area contributed by atoms with Crippen LogP contribution in [0.25, 0.3) is 0 Å². The lowest BCUT2D eigenvalue weighted by molar-refractivity contribution is -0.128. The normalized spacial score (nSPS) is 16.4. The number of hydrogen-bond acceptors (Lipinski definition) is 2. The van der Waals surface area contributed by atoms with E-state index in [9.17, 15) is 4.79 Å². The fraction of sp³-hybridized carbons (Fsp3) is 0.400. The zero-order valence-electron chi connectivity index (χ0n) is 7.74. The number of halogens is 1. The zero-order valence-corrected chi connectivity index (χ0v) is 9.33. The van der Waals surface area contributed by atoms with Crippen molar-refractivity contribution >= 4 is 21.8 Å². The molecule has 1 aromatic rings. The zero-order chi connectivity index (χ0) is 9.97. The number of carbonyl (C=O) groups is 1. The Bertz CT molecular complexity index is 354. The van der Waals surface area contributed by atoms with Crippen LogP contribution < -0.4 is 0 Å². The topological polar surface area (TPSA) is 33.2 Å². The molecule has 4 heteroatoms. The van der Waals surface area contributed by atoms with E-state index < -0.39 is 0 Å². The third kappa shape index (κ3) is 2.12. The molecule has 2 heterocycles. The molecule has 0 atom stereocenters. The lowest BCUT2D eigenvalue weighted by atomic mass is 10.3. The molecular formula is C10H11BrN2O. The molecule has 1 aliphatic rings. The smallest absolute Gasteiger partial charge is 0.222 e. The van der Waals surface area contributed by atoms with Crippen LogP contribution in [0, 0.1) is 0 Å². The Labute approximate surface area is 91.3 Å². The number of likely N-dealkylation sites (tertiary alicyclic amines) is 1. The molecule has 0 bridgehead atoms. The maximum Gasteiger partial charge on any atom is 0.222 e. The van der Waals surface area contributed by atoms with E-state index in [1.807, 2.05) is 23.1 Å². The van der Waals surface area contributed by atoms with E-state index in [0.717, 1.165) is 23.3 Å². The van der Waals surface area contributed by atoms with Crippen molar-refractivity contribution in [1.29, 1.82) is 0 Å². The molecule has 1 aromatic heterocycles. The van der Waals surface area contributed by atoms with Crippen LogP contribution in [0.4, 0.5) is 0 Å². The Morgan fingerprint density at radius 1 is 1.50 bits per heavy atom. The minimum Gasteiger partial charge on any atom is -0.337 e. The number of aromatic nitrogens is 1. The van der Waals surface area contributed by atoms with Crippen LogP contribution >= 0.6 is 15.9 Å². The van der Waals surface area contributed by atoms with Crippen molar-refractivity contribution in [3.63, 3.8) is 0 Å². The minimum atomic E-state index is 0.242. The molecule has 1 amide bonds. The van der Waals surface area contributed by atoms with E-state index in [-0.39, 0.29) is 5.91 Å². The van der Waals surface area contributed by atoms with Gasteiger partial charge in [-0.3, -0.25) is 4.79 Å². The highest BCUT2D eigenvalue weighted by Crippen LogP contribution is 2.14. The first-order valence-electron chi connectivity index (χ1n) is 4.65. The third-order valence-corrected chi connectivity index (χ3v) is 2.74. The van der Waals surface area contributed by atoms with Gasteiger partial charge in [-0.05, 0) is 34.5 Å². The first-order valence-corrected chi connectivity index (χ1v) is 5.44. The highest BCUT2D eigenvalue weighted by Gasteiger charge is 2.20. The highest BCUT2D eigenvalue weighted by molar-refractivity contribution is 9.10. The average molecular weight is 255 g/mol. The van der Waals surface area contributed by atoms with E-state index in [4.69, 9.17) is 0 Å². The number of amides is 1. The molecule has 1 fully saturated rings. The van der Waals surface area contributed by atoms with Crippen LogP contribution in [0.3, 0.4) is 0 Å². The fourth-order valence-corrected chi connectivity index (χ4v) is 1.99. The van der Waals surface area contributed by atoms with Crippen molar-refractivity contribution in [1.82, 2.24) is 9.88 Å². The lowest BCUT2D eigenvalue weighted by Crippen LogP contribution is -2.24. The fourth-order valence-electron chi connectivity index (χ4n) is 1.61. The summed E-state index contributed by atoms with van der Waals surface area (Å²) in [7, 11) is 0. The Morgan fingerprint density at radius 3 is 3.00 bits per heavy atom. The molecule has 2 rings (SSSR count). The van der Waals surface area contributed by atoms with Crippen LogP contribution in [-0.2, 0) is 11.3 Å². The number of rotatable bonds is 2. The summed E-state index contributed by atoms with van der Waals surface area (Å²) in [4.78, 5) is 17.5. The largest absolute Gasteiger partial charge is 0.337 e. The summed E-state index contributed by atoms with van der Waals surface area (Å²) in [5.41, 5.74) is 0.939. The third-order valence-electron chi connectivity index (χ3n) is 2.30. The Balaban J connectivity index is 2.07. The second-order valence-electron chi connectivity index (χ2n) is 3.37. The maximum atomic E-state index is 11.3. The first kappa shape index (κ1) is 9.65. The molecular weight excluding hydrogens is 244 g/mol. The number of carbonyl (C=O) groups excluding carboxylic acids is 1. The first-order chi connectivity index (χ1) is 6.75. The summed E-state index contributed by atoms with van der Waals surface area (Å²) < 4.78 is 0.821. The summed E-state index contributed by atoms with van der Waals surface area (Å²) in [6.07, 6.45) is 1.67. The molecule has 0 aliphatic carbocycles. The van der Waals surface area contributed by atoms with Gasteiger partial charge in [0.15, 0.2) is 0 Å². The summed E-state index contributed by atoms with van der Waals surface area (Å²) in [6.45, 7) is 1.51. The van der Waals surface area contributed by atoms with Crippen LogP contribution in [0.2, 0.25) is 0 Å². The Morgan fingerprint density at radius 2 is 2.36 bits per heavy atom. The lowest BCUT2D eigenvalue weighted by Gasteiger charge is -2.14. The van der Waals surface area contributed by atoms with Gasteiger partial charge in [0.25, 0.3) is 0 Å². The average Bonchev–Trinajstić information content (AvgIpc) is 2.52. The van der Waals surface area contributed by atoms with Crippen LogP contribution in [0.5, 0.6) is 0 Å². The Kier molecular flexibility index (Phi) is 2.82. The van der Waals surface area contributed by atoms with Gasteiger partial charge in [-0.25, -0.2) is 4.98 Å². The van der Waals surface area contributed by atoms with Gasteiger partial charge in [0, 0.05) is 13.0 Å². The van der Waals surface area contributed by atoms with Gasteiger partial charge < -0.3 is 4.90 Å². The van der Waals surface area contributed by atoms with E-state index in [1.54, 1.807) is 0 Å². The van der Waals surface area contributed by atoms with E-state index in [2.05, 4.69) is 20.9 Å². The number of nitrogens with zero attached hydrogens (tertiary/aromatic N) is 2. The highest BCUT2D eigenvalue weighted by atomic mass is 79.9. The van der Waals surface area contributed by atoms with Crippen molar-refractivity contribution in [3.8, 4) is 0 Å². The quantitative estimate of drug-likeness (QED) is 0.757.